The van der Waals surface area contributed by atoms with Gasteiger partial charge in [-0.3, -0.25) is 4.79 Å². The molecule has 0 bridgehead atoms. The van der Waals surface area contributed by atoms with Gasteiger partial charge in [-0.1, -0.05) is 6.92 Å². The Balaban J connectivity index is 1.78. The minimum atomic E-state index is -0.0490. The van der Waals surface area contributed by atoms with Crippen molar-refractivity contribution in [2.24, 2.45) is 11.7 Å². The number of rotatable bonds is 4. The first-order chi connectivity index (χ1) is 9.10. The monoisotopic (exact) mass is 278 g/mol. The van der Waals surface area contributed by atoms with E-state index in [1.807, 2.05) is 0 Å². The van der Waals surface area contributed by atoms with Crippen LogP contribution in [-0.2, 0) is 4.79 Å². The van der Waals surface area contributed by atoms with Crippen molar-refractivity contribution < 1.29 is 4.79 Å². The van der Waals surface area contributed by atoms with Crippen LogP contribution in [0.4, 0.5) is 5.00 Å². The lowest BCUT2D eigenvalue weighted by Gasteiger charge is -2.14. The van der Waals surface area contributed by atoms with Crippen molar-refractivity contribution in [2.45, 2.75) is 19.4 Å². The first-order valence-corrected chi connectivity index (χ1v) is 7.23. The van der Waals surface area contributed by atoms with Gasteiger partial charge in [-0.2, -0.15) is 5.26 Å². The third-order valence-electron chi connectivity index (χ3n) is 3.44. The maximum Gasteiger partial charge on any atom is 0.226 e. The second-order valence-electron chi connectivity index (χ2n) is 4.97. The maximum atomic E-state index is 11.8. The van der Waals surface area contributed by atoms with E-state index in [9.17, 15) is 4.79 Å². The van der Waals surface area contributed by atoms with Crippen LogP contribution in [0.5, 0.6) is 0 Å². The third-order valence-corrected chi connectivity index (χ3v) is 4.27. The lowest BCUT2D eigenvalue weighted by molar-refractivity contribution is -0.116. The van der Waals surface area contributed by atoms with Crippen LogP contribution in [0.15, 0.2) is 11.4 Å². The fraction of sp³-hybridized carbons (Fsp3) is 0.538. The van der Waals surface area contributed by atoms with Crippen LogP contribution in [0.1, 0.15) is 18.9 Å². The minimum absolute atomic E-state index is 0.0490. The molecule has 5 nitrogen and oxygen atoms in total. The predicted octanol–water partition coefficient (Wildman–Crippen LogP) is 1.23. The van der Waals surface area contributed by atoms with E-state index in [2.05, 4.69) is 23.2 Å². The molecule has 6 heteroatoms. The Morgan fingerprint density at radius 3 is 3.11 bits per heavy atom. The van der Waals surface area contributed by atoms with Crippen molar-refractivity contribution in [1.82, 2.24) is 4.90 Å². The topological polar surface area (TPSA) is 82.2 Å². The Morgan fingerprint density at radius 1 is 1.68 bits per heavy atom. The van der Waals surface area contributed by atoms with Gasteiger partial charge in [0.05, 0.1) is 5.56 Å². The van der Waals surface area contributed by atoms with E-state index < -0.39 is 0 Å². The fourth-order valence-electron chi connectivity index (χ4n) is 2.22. The first kappa shape index (κ1) is 14.0. The lowest BCUT2D eigenvalue weighted by atomic mass is 10.1. The summed E-state index contributed by atoms with van der Waals surface area (Å²) in [4.78, 5) is 14.0. The van der Waals surface area contributed by atoms with Crippen LogP contribution >= 0.6 is 11.3 Å². The molecule has 102 valence electrons. The zero-order chi connectivity index (χ0) is 13.8. The summed E-state index contributed by atoms with van der Waals surface area (Å²) in [6, 6.07) is 3.98. The molecule has 1 amide bonds. The van der Waals surface area contributed by atoms with Gasteiger partial charge in [-0.05, 0) is 17.4 Å². The van der Waals surface area contributed by atoms with E-state index in [0.717, 1.165) is 19.6 Å². The zero-order valence-corrected chi connectivity index (χ0v) is 11.7. The molecule has 2 heterocycles. The molecule has 2 unspecified atom stereocenters. The number of carbonyl (C=O) groups is 1. The molecule has 19 heavy (non-hydrogen) atoms. The molecule has 0 saturated carbocycles. The standard InChI is InChI=1S/C13H18N4OS/c1-9-7-17(8-11(9)15)4-2-12(18)16-13-10(6-14)3-5-19-13/h3,5,9,11H,2,4,7-8,15H2,1H3,(H,16,18). The molecule has 1 aromatic heterocycles. The largest absolute Gasteiger partial charge is 0.326 e. The van der Waals surface area contributed by atoms with E-state index in [0.29, 0.717) is 22.9 Å². The molecule has 0 spiro atoms. The van der Waals surface area contributed by atoms with Gasteiger partial charge >= 0.3 is 0 Å². The van der Waals surface area contributed by atoms with Crippen LogP contribution in [0.25, 0.3) is 0 Å². The highest BCUT2D eigenvalue weighted by Gasteiger charge is 2.26. The Kier molecular flexibility index (Phi) is 4.53. The summed E-state index contributed by atoms with van der Waals surface area (Å²) in [6.07, 6.45) is 0.433. The Hall–Kier alpha value is -1.42. The van der Waals surface area contributed by atoms with Gasteiger partial charge in [0.25, 0.3) is 0 Å². The van der Waals surface area contributed by atoms with Crippen molar-refractivity contribution in [2.75, 3.05) is 25.0 Å². The molecular formula is C13H18N4OS. The molecule has 3 N–H and O–H groups in total. The quantitative estimate of drug-likeness (QED) is 0.867. The number of likely N-dealkylation sites (tertiary alicyclic amines) is 1. The van der Waals surface area contributed by atoms with Crippen molar-refractivity contribution in [1.29, 1.82) is 5.26 Å². The number of hydrogen-bond acceptors (Lipinski definition) is 5. The van der Waals surface area contributed by atoms with Crippen molar-refractivity contribution in [3.8, 4) is 6.07 Å². The van der Waals surface area contributed by atoms with Crippen LogP contribution in [0.3, 0.4) is 0 Å². The van der Waals surface area contributed by atoms with E-state index in [1.165, 1.54) is 11.3 Å². The highest BCUT2D eigenvalue weighted by molar-refractivity contribution is 7.14. The number of thiophene rings is 1. The summed E-state index contributed by atoms with van der Waals surface area (Å²) < 4.78 is 0. The second kappa shape index (κ2) is 6.15. The van der Waals surface area contributed by atoms with E-state index in [-0.39, 0.29) is 11.9 Å². The highest BCUT2D eigenvalue weighted by atomic mass is 32.1. The molecular weight excluding hydrogens is 260 g/mol. The SMILES string of the molecule is CC1CN(CCC(=O)Nc2sccc2C#N)CC1N. The molecule has 1 aromatic rings. The number of nitrogens with zero attached hydrogens (tertiary/aromatic N) is 2. The number of nitriles is 1. The molecule has 1 saturated heterocycles. The van der Waals surface area contributed by atoms with Gasteiger partial charge in [0.2, 0.25) is 5.91 Å². The summed E-state index contributed by atoms with van der Waals surface area (Å²) in [6.45, 7) is 4.67. The first-order valence-electron chi connectivity index (χ1n) is 6.35. The summed E-state index contributed by atoms with van der Waals surface area (Å²) >= 11 is 1.37. The average Bonchev–Trinajstić information content (AvgIpc) is 2.94. The van der Waals surface area contributed by atoms with Crippen LogP contribution in [0, 0.1) is 17.2 Å². The number of anilines is 1. The normalized spacial score (nSPS) is 23.2. The molecule has 2 rings (SSSR count). The van der Waals surface area contributed by atoms with Crippen molar-refractivity contribution in [3.05, 3.63) is 17.0 Å². The second-order valence-corrected chi connectivity index (χ2v) is 5.89. The summed E-state index contributed by atoms with van der Waals surface area (Å²) in [7, 11) is 0. The Bertz CT molecular complexity index is 483. The van der Waals surface area contributed by atoms with Crippen molar-refractivity contribution >= 4 is 22.2 Å². The van der Waals surface area contributed by atoms with Gasteiger partial charge in [0, 0.05) is 32.1 Å². The van der Waals surface area contributed by atoms with Crippen molar-refractivity contribution in [3.63, 3.8) is 0 Å². The number of hydrogen-bond donors (Lipinski definition) is 2. The van der Waals surface area contributed by atoms with Gasteiger partial charge in [-0.15, -0.1) is 11.3 Å². The van der Waals surface area contributed by atoms with Gasteiger partial charge in [0.15, 0.2) is 0 Å². The average molecular weight is 278 g/mol. The molecule has 0 radical (unpaired) electrons. The minimum Gasteiger partial charge on any atom is -0.326 e. The van der Waals surface area contributed by atoms with E-state index >= 15 is 0 Å². The molecule has 2 atom stereocenters. The third kappa shape index (κ3) is 3.53. The smallest absolute Gasteiger partial charge is 0.226 e. The summed E-state index contributed by atoms with van der Waals surface area (Å²) in [5.74, 6) is 0.442. The molecule has 1 fully saturated rings. The van der Waals surface area contributed by atoms with Gasteiger partial charge in [0.1, 0.15) is 11.1 Å². The molecule has 0 aliphatic carbocycles. The van der Waals surface area contributed by atoms with Crippen LogP contribution in [-0.4, -0.2) is 36.5 Å². The van der Waals surface area contributed by atoms with Gasteiger partial charge < -0.3 is 16.0 Å². The molecule has 1 aliphatic heterocycles. The van der Waals surface area contributed by atoms with E-state index in [4.69, 9.17) is 11.0 Å². The number of nitrogens with two attached hydrogens (primary N) is 1. The predicted molar refractivity (Wildman–Crippen MR) is 75.9 cm³/mol. The number of amides is 1. The van der Waals surface area contributed by atoms with Crippen LogP contribution in [0.2, 0.25) is 0 Å². The van der Waals surface area contributed by atoms with Crippen LogP contribution < -0.4 is 11.1 Å². The van der Waals surface area contributed by atoms with E-state index in [1.54, 1.807) is 11.4 Å². The molecule has 0 aromatic carbocycles. The van der Waals surface area contributed by atoms with Gasteiger partial charge in [-0.25, -0.2) is 0 Å². The lowest BCUT2D eigenvalue weighted by Crippen LogP contribution is -2.30. The maximum absolute atomic E-state index is 11.8. The summed E-state index contributed by atoms with van der Waals surface area (Å²) in [5, 5.41) is 14.1. The Labute approximate surface area is 117 Å². The zero-order valence-electron chi connectivity index (χ0n) is 10.9. The number of carbonyl (C=O) groups excluding carboxylic acids is 1. The fourth-order valence-corrected chi connectivity index (χ4v) is 2.97. The highest BCUT2D eigenvalue weighted by Crippen LogP contribution is 2.22. The Morgan fingerprint density at radius 2 is 2.47 bits per heavy atom. The summed E-state index contributed by atoms with van der Waals surface area (Å²) in [5.41, 5.74) is 6.47. The molecule has 1 aliphatic rings. The number of nitrogens with one attached hydrogen (secondary N) is 1.